The van der Waals surface area contributed by atoms with E-state index in [-0.39, 0.29) is 11.7 Å². The van der Waals surface area contributed by atoms with Gasteiger partial charge in [-0.1, -0.05) is 0 Å². The number of aromatic nitrogens is 2. The summed E-state index contributed by atoms with van der Waals surface area (Å²) in [4.78, 5) is 7.26. The quantitative estimate of drug-likeness (QED) is 0.876. The van der Waals surface area contributed by atoms with Crippen LogP contribution in [-0.4, -0.2) is 9.97 Å². The molecule has 0 aliphatic carbocycles. The first-order chi connectivity index (χ1) is 8.06. The minimum absolute atomic E-state index is 0.136. The van der Waals surface area contributed by atoms with Crippen LogP contribution in [0.4, 0.5) is 19.0 Å². The molecule has 1 heterocycles. The molecule has 2 N–H and O–H groups in total. The Bertz CT molecular complexity index is 522. The van der Waals surface area contributed by atoms with Crippen molar-refractivity contribution in [3.05, 3.63) is 42.0 Å². The Morgan fingerprint density at radius 2 is 1.65 bits per heavy atom. The number of hydrogen-bond donors (Lipinski definition) is 1. The summed E-state index contributed by atoms with van der Waals surface area (Å²) in [5.41, 5.74) is 5.27. The molecule has 0 atom stereocenters. The largest absolute Gasteiger partial charge is 0.431 e. The summed E-state index contributed by atoms with van der Waals surface area (Å²) in [6.45, 7) is 0. The minimum atomic E-state index is -1.17. The van der Waals surface area contributed by atoms with Gasteiger partial charge in [-0.05, 0) is 0 Å². The molecule has 0 fully saturated rings. The summed E-state index contributed by atoms with van der Waals surface area (Å²) >= 11 is 0. The number of ether oxygens (including phenoxy) is 1. The van der Waals surface area contributed by atoms with Crippen molar-refractivity contribution in [2.75, 3.05) is 5.73 Å². The van der Waals surface area contributed by atoms with E-state index in [1.807, 2.05) is 0 Å². The molecular weight excluding hydrogens is 235 g/mol. The Balaban J connectivity index is 2.33. The highest BCUT2D eigenvalue weighted by Gasteiger charge is 2.14. The molecule has 2 rings (SSSR count). The summed E-state index contributed by atoms with van der Waals surface area (Å²) in [6.07, 6.45) is 2.26. The first-order valence-corrected chi connectivity index (χ1v) is 4.46. The third-order valence-electron chi connectivity index (χ3n) is 1.82. The summed E-state index contributed by atoms with van der Waals surface area (Å²) in [5, 5.41) is 0. The summed E-state index contributed by atoms with van der Waals surface area (Å²) in [7, 11) is 0. The van der Waals surface area contributed by atoms with Gasteiger partial charge < -0.3 is 10.5 Å². The number of nitrogens with zero attached hydrogens (tertiary/aromatic N) is 2. The van der Waals surface area contributed by atoms with Crippen molar-refractivity contribution in [3.8, 4) is 11.6 Å². The Morgan fingerprint density at radius 3 is 2.18 bits per heavy atom. The lowest BCUT2D eigenvalue weighted by Crippen LogP contribution is -1.97. The molecule has 0 bridgehead atoms. The number of rotatable bonds is 2. The van der Waals surface area contributed by atoms with Gasteiger partial charge in [0.05, 0.1) is 12.4 Å². The maximum Gasteiger partial charge on any atom is 0.238 e. The third kappa shape index (κ3) is 2.44. The lowest BCUT2D eigenvalue weighted by atomic mass is 10.3. The van der Waals surface area contributed by atoms with E-state index in [2.05, 4.69) is 9.97 Å². The number of halogens is 3. The van der Waals surface area contributed by atoms with E-state index in [1.165, 1.54) is 0 Å². The molecular formula is C10H6F3N3O. The predicted molar refractivity (Wildman–Crippen MR) is 52.8 cm³/mol. The SMILES string of the molecule is Nc1cnc(Oc2c(F)cc(F)cc2F)cn1. The molecule has 1 aromatic carbocycles. The van der Waals surface area contributed by atoms with Crippen LogP contribution in [-0.2, 0) is 0 Å². The van der Waals surface area contributed by atoms with Crippen molar-refractivity contribution < 1.29 is 17.9 Å². The monoisotopic (exact) mass is 241 g/mol. The summed E-state index contributed by atoms with van der Waals surface area (Å²) in [6, 6.07) is 1.01. The molecule has 4 nitrogen and oxygen atoms in total. The fraction of sp³-hybridized carbons (Fsp3) is 0. The molecule has 0 unspecified atom stereocenters. The van der Waals surface area contributed by atoms with Crippen LogP contribution in [0.15, 0.2) is 24.5 Å². The van der Waals surface area contributed by atoms with Gasteiger partial charge in [0.15, 0.2) is 11.6 Å². The molecule has 0 saturated carbocycles. The van der Waals surface area contributed by atoms with Crippen LogP contribution in [0.25, 0.3) is 0 Å². The summed E-state index contributed by atoms with van der Waals surface area (Å²) < 4.78 is 43.8. The number of nitrogens with two attached hydrogens (primary N) is 1. The number of nitrogen functional groups attached to an aromatic ring is 1. The Morgan fingerprint density at radius 1 is 1.00 bits per heavy atom. The van der Waals surface area contributed by atoms with Gasteiger partial charge in [-0.25, -0.2) is 23.1 Å². The van der Waals surface area contributed by atoms with E-state index in [1.54, 1.807) is 0 Å². The number of anilines is 1. The van der Waals surface area contributed by atoms with Crippen LogP contribution < -0.4 is 10.5 Å². The Hall–Kier alpha value is -2.31. The smallest absolute Gasteiger partial charge is 0.238 e. The van der Waals surface area contributed by atoms with Gasteiger partial charge in [0, 0.05) is 12.1 Å². The predicted octanol–water partition coefficient (Wildman–Crippen LogP) is 2.27. The molecule has 0 aliphatic heterocycles. The molecule has 88 valence electrons. The first-order valence-electron chi connectivity index (χ1n) is 4.46. The van der Waals surface area contributed by atoms with Crippen molar-refractivity contribution in [1.82, 2.24) is 9.97 Å². The van der Waals surface area contributed by atoms with Crippen molar-refractivity contribution in [2.45, 2.75) is 0 Å². The standard InChI is InChI=1S/C10H6F3N3O/c11-5-1-6(12)10(7(13)2-5)17-9-4-15-8(14)3-16-9/h1-4H,(H2,14,15). The maximum atomic E-state index is 13.2. The molecule has 0 spiro atoms. The topological polar surface area (TPSA) is 61.0 Å². The zero-order chi connectivity index (χ0) is 12.4. The average molecular weight is 241 g/mol. The Kier molecular flexibility index (Phi) is 2.82. The van der Waals surface area contributed by atoms with Crippen LogP contribution in [0.1, 0.15) is 0 Å². The fourth-order valence-electron chi connectivity index (χ4n) is 1.11. The molecule has 2 aromatic rings. The molecule has 1 aromatic heterocycles. The molecule has 0 radical (unpaired) electrons. The summed E-state index contributed by atoms with van der Waals surface area (Å²) in [5.74, 6) is -4.12. The number of hydrogen-bond acceptors (Lipinski definition) is 4. The van der Waals surface area contributed by atoms with Crippen molar-refractivity contribution in [3.63, 3.8) is 0 Å². The van der Waals surface area contributed by atoms with E-state index in [4.69, 9.17) is 10.5 Å². The lowest BCUT2D eigenvalue weighted by Gasteiger charge is -2.06. The maximum absolute atomic E-state index is 13.2. The van der Waals surface area contributed by atoms with Crippen LogP contribution in [0.3, 0.4) is 0 Å². The van der Waals surface area contributed by atoms with Crippen LogP contribution >= 0.6 is 0 Å². The van der Waals surface area contributed by atoms with Gasteiger partial charge in [-0.2, -0.15) is 0 Å². The van der Waals surface area contributed by atoms with Gasteiger partial charge in [-0.3, -0.25) is 0 Å². The van der Waals surface area contributed by atoms with Gasteiger partial charge in [0.1, 0.15) is 11.6 Å². The first kappa shape index (κ1) is 11.2. The van der Waals surface area contributed by atoms with Crippen molar-refractivity contribution >= 4 is 5.82 Å². The number of benzene rings is 1. The van der Waals surface area contributed by atoms with Gasteiger partial charge >= 0.3 is 0 Å². The van der Waals surface area contributed by atoms with Crippen LogP contribution in [0.2, 0.25) is 0 Å². The highest BCUT2D eigenvalue weighted by Crippen LogP contribution is 2.26. The molecule has 7 heteroatoms. The van der Waals surface area contributed by atoms with Crippen LogP contribution in [0, 0.1) is 17.5 Å². The second-order valence-electron chi connectivity index (χ2n) is 3.08. The van der Waals surface area contributed by atoms with E-state index >= 15 is 0 Å². The second-order valence-corrected chi connectivity index (χ2v) is 3.08. The minimum Gasteiger partial charge on any atom is -0.431 e. The van der Waals surface area contributed by atoms with Crippen LogP contribution in [0.5, 0.6) is 11.6 Å². The zero-order valence-corrected chi connectivity index (χ0v) is 8.32. The van der Waals surface area contributed by atoms with Crippen molar-refractivity contribution in [1.29, 1.82) is 0 Å². The highest BCUT2D eigenvalue weighted by atomic mass is 19.1. The lowest BCUT2D eigenvalue weighted by molar-refractivity contribution is 0.389. The second kappa shape index (κ2) is 4.28. The van der Waals surface area contributed by atoms with E-state index in [9.17, 15) is 13.2 Å². The Labute approximate surface area is 93.9 Å². The van der Waals surface area contributed by atoms with Gasteiger partial charge in [0.2, 0.25) is 11.6 Å². The van der Waals surface area contributed by atoms with E-state index in [0.29, 0.717) is 12.1 Å². The molecule has 0 aliphatic rings. The zero-order valence-electron chi connectivity index (χ0n) is 8.32. The average Bonchev–Trinajstić information content (AvgIpc) is 2.26. The fourth-order valence-corrected chi connectivity index (χ4v) is 1.11. The molecule has 0 saturated heterocycles. The molecule has 17 heavy (non-hydrogen) atoms. The van der Waals surface area contributed by atoms with Crippen molar-refractivity contribution in [2.24, 2.45) is 0 Å². The normalized spacial score (nSPS) is 10.3. The molecule has 0 amide bonds. The van der Waals surface area contributed by atoms with Gasteiger partial charge in [0.25, 0.3) is 0 Å². The highest BCUT2D eigenvalue weighted by molar-refractivity contribution is 5.31. The third-order valence-corrected chi connectivity index (χ3v) is 1.82. The van der Waals surface area contributed by atoms with E-state index < -0.39 is 23.2 Å². The van der Waals surface area contributed by atoms with E-state index in [0.717, 1.165) is 12.4 Å². The van der Waals surface area contributed by atoms with Gasteiger partial charge in [-0.15, -0.1) is 0 Å².